The Bertz CT molecular complexity index is 1060. The molecule has 2 heterocycles. The van der Waals surface area contributed by atoms with E-state index in [-0.39, 0.29) is 18.4 Å². The third kappa shape index (κ3) is 2.58. The van der Waals surface area contributed by atoms with E-state index < -0.39 is 6.04 Å². The smallest absolute Gasteiger partial charge is 0.259 e. The average Bonchev–Trinajstić information content (AvgIpc) is 3.36. The second-order valence-corrected chi connectivity index (χ2v) is 7.07. The molecule has 1 aliphatic carbocycles. The van der Waals surface area contributed by atoms with Gasteiger partial charge in [-0.1, -0.05) is 29.4 Å². The first-order valence-corrected chi connectivity index (χ1v) is 9.09. The van der Waals surface area contributed by atoms with E-state index in [0.717, 1.165) is 29.3 Å². The molecular weight excluding hydrogens is 344 g/mol. The van der Waals surface area contributed by atoms with E-state index in [2.05, 4.69) is 15.5 Å². The van der Waals surface area contributed by atoms with Crippen LogP contribution in [0.25, 0.3) is 10.8 Å². The lowest BCUT2D eigenvalue weighted by atomic mass is 10.1. The number of nitrogens with zero attached hydrogens (tertiary/aromatic N) is 3. The molecule has 0 bridgehead atoms. The highest BCUT2D eigenvalue weighted by atomic mass is 16.5. The zero-order chi connectivity index (χ0) is 18.5. The van der Waals surface area contributed by atoms with Crippen LogP contribution in [0.3, 0.4) is 0 Å². The molecule has 1 saturated carbocycles. The maximum atomic E-state index is 12.9. The van der Waals surface area contributed by atoms with Crippen LogP contribution in [0.1, 0.15) is 47.8 Å². The normalized spacial score (nSPS) is 16.8. The van der Waals surface area contributed by atoms with Gasteiger partial charge in [0.1, 0.15) is 6.04 Å². The van der Waals surface area contributed by atoms with Crippen molar-refractivity contribution in [1.82, 2.24) is 15.5 Å². The molecule has 7 nitrogen and oxygen atoms in total. The highest BCUT2D eigenvalue weighted by molar-refractivity contribution is 6.26. The Morgan fingerprint density at radius 1 is 1.30 bits per heavy atom. The van der Waals surface area contributed by atoms with Crippen molar-refractivity contribution in [2.45, 2.75) is 38.3 Å². The van der Waals surface area contributed by atoms with Gasteiger partial charge in [-0.25, -0.2) is 0 Å². The van der Waals surface area contributed by atoms with Crippen LogP contribution in [0.15, 0.2) is 40.9 Å². The molecule has 3 aromatic rings. The fourth-order valence-corrected chi connectivity index (χ4v) is 3.59. The highest BCUT2D eigenvalue weighted by Crippen LogP contribution is 2.39. The van der Waals surface area contributed by atoms with Crippen LogP contribution in [0.2, 0.25) is 0 Å². The molecule has 2 aliphatic rings. The molecule has 2 amide bonds. The van der Waals surface area contributed by atoms with Crippen molar-refractivity contribution in [3.05, 3.63) is 53.7 Å². The lowest BCUT2D eigenvalue weighted by Crippen LogP contribution is -2.46. The molecule has 27 heavy (non-hydrogen) atoms. The summed E-state index contributed by atoms with van der Waals surface area (Å²) in [7, 11) is 0. The zero-order valence-electron chi connectivity index (χ0n) is 14.8. The van der Waals surface area contributed by atoms with Gasteiger partial charge in [0, 0.05) is 16.9 Å². The number of aromatic nitrogens is 2. The number of carbonyl (C=O) groups is 2. The second kappa shape index (κ2) is 5.90. The SMILES string of the molecule is CC(C(=O)NCc1noc(C2CC2)n1)N1C(=O)c2cccc3cccc1c23. The minimum atomic E-state index is -0.648. The standard InChI is InChI=1S/C20H18N4O3/c1-11(18(25)21-10-16-22-19(27-23-16)13-8-9-13)24-15-7-3-5-12-4-2-6-14(17(12)15)20(24)26/h2-7,11,13H,8-10H2,1H3,(H,21,25). The molecule has 5 rings (SSSR count). The third-order valence-corrected chi connectivity index (χ3v) is 5.19. The van der Waals surface area contributed by atoms with Crippen molar-refractivity contribution in [3.8, 4) is 0 Å². The van der Waals surface area contributed by atoms with Gasteiger partial charge in [0.05, 0.1) is 12.2 Å². The van der Waals surface area contributed by atoms with Crippen molar-refractivity contribution < 1.29 is 14.1 Å². The summed E-state index contributed by atoms with van der Waals surface area (Å²) in [6, 6.07) is 10.7. The lowest BCUT2D eigenvalue weighted by molar-refractivity contribution is -0.122. The van der Waals surface area contributed by atoms with Crippen LogP contribution in [0, 0.1) is 0 Å². The number of carbonyl (C=O) groups excluding carboxylic acids is 2. The van der Waals surface area contributed by atoms with Crippen molar-refractivity contribution in [2.75, 3.05) is 4.90 Å². The quantitative estimate of drug-likeness (QED) is 0.754. The number of benzene rings is 2. The van der Waals surface area contributed by atoms with Crippen molar-refractivity contribution in [2.24, 2.45) is 0 Å². The molecule has 1 aromatic heterocycles. The maximum absolute atomic E-state index is 12.9. The summed E-state index contributed by atoms with van der Waals surface area (Å²) >= 11 is 0. The Kier molecular flexibility index (Phi) is 3.50. The van der Waals surface area contributed by atoms with E-state index in [9.17, 15) is 9.59 Å². The van der Waals surface area contributed by atoms with Gasteiger partial charge in [-0.15, -0.1) is 0 Å². The second-order valence-electron chi connectivity index (χ2n) is 7.07. The Morgan fingerprint density at radius 3 is 2.85 bits per heavy atom. The number of amides is 2. The van der Waals surface area contributed by atoms with Gasteiger partial charge in [-0.3, -0.25) is 14.5 Å². The molecule has 1 fully saturated rings. The van der Waals surface area contributed by atoms with Gasteiger partial charge in [0.2, 0.25) is 11.8 Å². The number of rotatable bonds is 5. The topological polar surface area (TPSA) is 88.3 Å². The van der Waals surface area contributed by atoms with Gasteiger partial charge in [-0.2, -0.15) is 4.98 Å². The third-order valence-electron chi connectivity index (χ3n) is 5.19. The molecular formula is C20H18N4O3. The Balaban J connectivity index is 1.34. The number of nitrogens with one attached hydrogen (secondary N) is 1. The van der Waals surface area contributed by atoms with Gasteiger partial charge in [-0.05, 0) is 37.3 Å². The summed E-state index contributed by atoms with van der Waals surface area (Å²) < 4.78 is 5.20. The first-order valence-electron chi connectivity index (χ1n) is 9.09. The summed E-state index contributed by atoms with van der Waals surface area (Å²) in [5.74, 6) is 1.06. The molecule has 2 aromatic carbocycles. The Labute approximate surface area is 155 Å². The maximum Gasteiger partial charge on any atom is 0.259 e. The summed E-state index contributed by atoms with van der Waals surface area (Å²) in [5.41, 5.74) is 1.40. The van der Waals surface area contributed by atoms with Crippen LogP contribution < -0.4 is 10.2 Å². The number of anilines is 1. The fourth-order valence-electron chi connectivity index (χ4n) is 3.59. The number of hydrogen-bond donors (Lipinski definition) is 1. The molecule has 136 valence electrons. The van der Waals surface area contributed by atoms with Crippen molar-refractivity contribution in [3.63, 3.8) is 0 Å². The van der Waals surface area contributed by atoms with Crippen LogP contribution in [-0.4, -0.2) is 28.0 Å². The minimum absolute atomic E-state index is 0.153. The van der Waals surface area contributed by atoms with Crippen LogP contribution in [0.4, 0.5) is 5.69 Å². The van der Waals surface area contributed by atoms with Crippen molar-refractivity contribution >= 4 is 28.3 Å². The van der Waals surface area contributed by atoms with Crippen LogP contribution >= 0.6 is 0 Å². The summed E-state index contributed by atoms with van der Waals surface area (Å²) in [5, 5.41) is 8.61. The van der Waals surface area contributed by atoms with E-state index in [1.807, 2.05) is 30.3 Å². The van der Waals surface area contributed by atoms with E-state index in [1.54, 1.807) is 17.9 Å². The van der Waals surface area contributed by atoms with Crippen molar-refractivity contribution in [1.29, 1.82) is 0 Å². The van der Waals surface area contributed by atoms with Gasteiger partial charge in [0.25, 0.3) is 5.91 Å². The highest BCUT2D eigenvalue weighted by Gasteiger charge is 2.36. The van der Waals surface area contributed by atoms with Gasteiger partial charge >= 0.3 is 0 Å². The summed E-state index contributed by atoms with van der Waals surface area (Å²) in [6.07, 6.45) is 2.16. The lowest BCUT2D eigenvalue weighted by Gasteiger charge is -2.24. The first kappa shape index (κ1) is 16.0. The zero-order valence-corrected chi connectivity index (χ0v) is 14.8. The monoisotopic (exact) mass is 362 g/mol. The van der Waals surface area contributed by atoms with Gasteiger partial charge in [0.15, 0.2) is 5.82 Å². The molecule has 1 aliphatic heterocycles. The molecule has 0 radical (unpaired) electrons. The summed E-state index contributed by atoms with van der Waals surface area (Å²) in [6.45, 7) is 1.91. The fraction of sp³-hybridized carbons (Fsp3) is 0.300. The molecule has 1 atom stereocenters. The van der Waals surface area contributed by atoms with E-state index in [1.165, 1.54) is 0 Å². The molecule has 1 N–H and O–H groups in total. The van der Waals surface area contributed by atoms with Crippen LogP contribution in [-0.2, 0) is 11.3 Å². The molecule has 7 heteroatoms. The average molecular weight is 362 g/mol. The van der Waals surface area contributed by atoms with Gasteiger partial charge < -0.3 is 9.84 Å². The predicted octanol–water partition coefficient (Wildman–Crippen LogP) is 2.77. The first-order chi connectivity index (χ1) is 13.1. The molecule has 1 unspecified atom stereocenters. The largest absolute Gasteiger partial charge is 0.347 e. The molecule has 0 spiro atoms. The predicted molar refractivity (Wildman–Crippen MR) is 98.3 cm³/mol. The number of hydrogen-bond acceptors (Lipinski definition) is 5. The van der Waals surface area contributed by atoms with Crippen LogP contribution in [0.5, 0.6) is 0 Å². The Hall–Kier alpha value is -3.22. The van der Waals surface area contributed by atoms with E-state index >= 15 is 0 Å². The Morgan fingerprint density at radius 2 is 2.07 bits per heavy atom. The minimum Gasteiger partial charge on any atom is -0.347 e. The molecule has 0 saturated heterocycles. The van der Waals surface area contributed by atoms with E-state index in [0.29, 0.717) is 23.2 Å². The summed E-state index contributed by atoms with van der Waals surface area (Å²) in [4.78, 5) is 31.4. The van der Waals surface area contributed by atoms with E-state index in [4.69, 9.17) is 4.52 Å².